The number of aromatic nitrogens is 1. The van der Waals surface area contributed by atoms with Crippen LogP contribution < -0.4 is 4.90 Å². The second-order valence-corrected chi connectivity index (χ2v) is 9.21. The number of anilines is 1. The molecule has 1 fully saturated rings. The summed E-state index contributed by atoms with van der Waals surface area (Å²) in [4.78, 5) is 31.7. The van der Waals surface area contributed by atoms with E-state index in [1.165, 1.54) is 23.1 Å². The maximum atomic E-state index is 14.0. The van der Waals surface area contributed by atoms with Gasteiger partial charge in [-0.25, -0.2) is 4.39 Å². The lowest BCUT2D eigenvalue weighted by Crippen LogP contribution is -2.29. The summed E-state index contributed by atoms with van der Waals surface area (Å²) in [6.45, 7) is 8.01. The van der Waals surface area contributed by atoms with Gasteiger partial charge in [0.15, 0.2) is 0 Å². The van der Waals surface area contributed by atoms with Crippen LogP contribution in [0.25, 0.3) is 5.76 Å². The van der Waals surface area contributed by atoms with Crippen LogP contribution in [-0.4, -0.2) is 21.8 Å². The molecule has 33 heavy (non-hydrogen) atoms. The molecule has 5 nitrogen and oxygen atoms in total. The number of aliphatic hydroxyl groups excluding tert-OH is 1. The largest absolute Gasteiger partial charge is 0.507 e. The van der Waals surface area contributed by atoms with Crippen molar-refractivity contribution in [2.24, 2.45) is 0 Å². The fraction of sp³-hybridized carbons (Fsp3) is 0.222. The van der Waals surface area contributed by atoms with Crippen molar-refractivity contribution in [1.29, 1.82) is 0 Å². The first-order valence-electron chi connectivity index (χ1n) is 10.7. The van der Waals surface area contributed by atoms with E-state index in [4.69, 9.17) is 0 Å². The molecule has 2 aromatic carbocycles. The number of Topliss-reactive ketones (excluding diaryl/α,β-unsaturated/α-hetero) is 1. The Morgan fingerprint density at radius 1 is 1.03 bits per heavy atom. The van der Waals surface area contributed by atoms with Crippen LogP contribution >= 0.6 is 0 Å². The molecule has 6 heteroatoms. The molecule has 2 heterocycles. The third kappa shape index (κ3) is 4.04. The van der Waals surface area contributed by atoms with Crippen molar-refractivity contribution in [1.82, 2.24) is 4.98 Å². The van der Waals surface area contributed by atoms with E-state index in [0.717, 1.165) is 11.1 Å². The molecule has 4 rings (SSSR count). The summed E-state index contributed by atoms with van der Waals surface area (Å²) >= 11 is 0. The van der Waals surface area contributed by atoms with E-state index in [9.17, 15) is 19.1 Å². The van der Waals surface area contributed by atoms with Gasteiger partial charge in [0.25, 0.3) is 11.7 Å². The molecule has 1 aliphatic heterocycles. The minimum absolute atomic E-state index is 0.0374. The van der Waals surface area contributed by atoms with Gasteiger partial charge in [-0.15, -0.1) is 0 Å². The Bertz CT molecular complexity index is 1280. The fourth-order valence-corrected chi connectivity index (χ4v) is 4.07. The molecule has 0 aliphatic carbocycles. The van der Waals surface area contributed by atoms with Crippen LogP contribution in [0.5, 0.6) is 0 Å². The van der Waals surface area contributed by atoms with Crippen molar-refractivity contribution >= 4 is 23.1 Å². The monoisotopic (exact) mass is 444 g/mol. The second kappa shape index (κ2) is 8.28. The molecule has 3 aromatic rings. The van der Waals surface area contributed by atoms with Crippen molar-refractivity contribution in [3.05, 3.63) is 101 Å². The molecule has 1 amide bonds. The van der Waals surface area contributed by atoms with Crippen LogP contribution in [0, 0.1) is 12.7 Å². The molecule has 1 unspecified atom stereocenters. The summed E-state index contributed by atoms with van der Waals surface area (Å²) in [7, 11) is 0. The molecule has 1 saturated heterocycles. The van der Waals surface area contributed by atoms with E-state index < -0.39 is 23.5 Å². The van der Waals surface area contributed by atoms with Crippen molar-refractivity contribution in [2.45, 2.75) is 39.2 Å². The second-order valence-electron chi connectivity index (χ2n) is 9.21. The Morgan fingerprint density at radius 2 is 1.73 bits per heavy atom. The number of hydrogen-bond donors (Lipinski definition) is 1. The average molecular weight is 445 g/mol. The maximum Gasteiger partial charge on any atom is 0.300 e. The first kappa shape index (κ1) is 22.4. The number of carbonyl (C=O) groups excluding carboxylic acids is 2. The summed E-state index contributed by atoms with van der Waals surface area (Å²) in [5.41, 5.74) is 2.84. The Balaban J connectivity index is 1.98. The lowest BCUT2D eigenvalue weighted by Gasteiger charge is -2.26. The third-order valence-corrected chi connectivity index (χ3v) is 5.91. The number of hydrogen-bond acceptors (Lipinski definition) is 4. The SMILES string of the molecule is Cc1ccc(C(C)(C)C)cc1/C(O)=C1\C(=O)C(=O)N(c2cccc(F)c2)C1c1ccncc1. The molecular formula is C27H25FN2O3. The van der Waals surface area contributed by atoms with Gasteiger partial charge in [-0.05, 0) is 65.4 Å². The number of amides is 1. The van der Waals surface area contributed by atoms with Crippen LogP contribution in [0.1, 0.15) is 49.1 Å². The Hall–Kier alpha value is -3.80. The van der Waals surface area contributed by atoms with Gasteiger partial charge in [-0.3, -0.25) is 19.5 Å². The molecule has 1 aliphatic rings. The highest BCUT2D eigenvalue weighted by Crippen LogP contribution is 2.42. The fourth-order valence-electron chi connectivity index (χ4n) is 4.07. The van der Waals surface area contributed by atoms with E-state index >= 15 is 0 Å². The van der Waals surface area contributed by atoms with Crippen molar-refractivity contribution in [3.63, 3.8) is 0 Å². The number of aryl methyl sites for hydroxylation is 1. The first-order chi connectivity index (χ1) is 15.6. The average Bonchev–Trinajstić information content (AvgIpc) is 3.04. The molecule has 0 bridgehead atoms. The molecule has 1 N–H and O–H groups in total. The first-order valence-corrected chi connectivity index (χ1v) is 10.7. The summed E-state index contributed by atoms with van der Waals surface area (Å²) in [5.74, 6) is -2.43. The molecular weight excluding hydrogens is 419 g/mol. The Labute approximate surface area is 192 Å². The van der Waals surface area contributed by atoms with Gasteiger partial charge < -0.3 is 5.11 Å². The number of pyridine rings is 1. The number of aliphatic hydroxyl groups is 1. The Kier molecular flexibility index (Phi) is 5.62. The predicted octanol–water partition coefficient (Wildman–Crippen LogP) is 5.45. The van der Waals surface area contributed by atoms with Gasteiger partial charge in [0.2, 0.25) is 0 Å². The maximum absolute atomic E-state index is 14.0. The zero-order chi connectivity index (χ0) is 23.9. The van der Waals surface area contributed by atoms with Crippen LogP contribution in [-0.2, 0) is 15.0 Å². The summed E-state index contributed by atoms with van der Waals surface area (Å²) < 4.78 is 14.0. The van der Waals surface area contributed by atoms with Crippen LogP contribution in [0.15, 0.2) is 72.6 Å². The van der Waals surface area contributed by atoms with Crippen molar-refractivity contribution < 1.29 is 19.1 Å². The third-order valence-electron chi connectivity index (χ3n) is 5.91. The number of carbonyl (C=O) groups is 2. The topological polar surface area (TPSA) is 70.5 Å². The molecule has 0 saturated carbocycles. The van der Waals surface area contributed by atoms with E-state index in [0.29, 0.717) is 11.1 Å². The zero-order valence-corrected chi connectivity index (χ0v) is 19.0. The standard InChI is InChI=1S/C27H25FN2O3/c1-16-8-9-18(27(2,3)4)14-21(16)24(31)22-23(17-10-12-29-13-11-17)30(26(33)25(22)32)20-7-5-6-19(28)15-20/h5-15,23,31H,1-4H3/b24-22+. The van der Waals surface area contributed by atoms with Crippen LogP contribution in [0.4, 0.5) is 10.1 Å². The highest BCUT2D eigenvalue weighted by Gasteiger charge is 2.47. The van der Waals surface area contributed by atoms with Crippen LogP contribution in [0.2, 0.25) is 0 Å². The summed E-state index contributed by atoms with van der Waals surface area (Å²) in [6, 6.07) is 13.7. The molecule has 168 valence electrons. The van der Waals surface area contributed by atoms with E-state index in [1.807, 2.05) is 25.1 Å². The number of ketones is 1. The normalized spacial score (nSPS) is 18.1. The number of rotatable bonds is 3. The minimum atomic E-state index is -0.924. The lowest BCUT2D eigenvalue weighted by molar-refractivity contribution is -0.132. The zero-order valence-electron chi connectivity index (χ0n) is 19.0. The molecule has 0 spiro atoms. The molecule has 1 aromatic heterocycles. The predicted molar refractivity (Wildman–Crippen MR) is 125 cm³/mol. The van der Waals surface area contributed by atoms with E-state index in [-0.39, 0.29) is 22.4 Å². The number of halogens is 1. The van der Waals surface area contributed by atoms with E-state index in [2.05, 4.69) is 25.8 Å². The smallest absolute Gasteiger partial charge is 0.300 e. The van der Waals surface area contributed by atoms with Gasteiger partial charge in [0.05, 0.1) is 11.6 Å². The number of nitrogens with zero attached hydrogens (tertiary/aromatic N) is 2. The van der Waals surface area contributed by atoms with Crippen LogP contribution in [0.3, 0.4) is 0 Å². The quantitative estimate of drug-likeness (QED) is 0.331. The van der Waals surface area contributed by atoms with Gasteiger partial charge >= 0.3 is 0 Å². The molecule has 0 radical (unpaired) electrons. The van der Waals surface area contributed by atoms with Gasteiger partial charge in [0.1, 0.15) is 11.6 Å². The van der Waals surface area contributed by atoms with E-state index in [1.54, 1.807) is 30.6 Å². The summed E-state index contributed by atoms with van der Waals surface area (Å²) in [5, 5.41) is 11.4. The Morgan fingerprint density at radius 3 is 2.36 bits per heavy atom. The lowest BCUT2D eigenvalue weighted by atomic mass is 9.84. The number of benzene rings is 2. The van der Waals surface area contributed by atoms with Gasteiger partial charge in [0, 0.05) is 23.6 Å². The van der Waals surface area contributed by atoms with Gasteiger partial charge in [-0.1, -0.05) is 39.0 Å². The van der Waals surface area contributed by atoms with Crippen molar-refractivity contribution in [2.75, 3.05) is 4.90 Å². The van der Waals surface area contributed by atoms with Gasteiger partial charge in [-0.2, -0.15) is 0 Å². The minimum Gasteiger partial charge on any atom is -0.507 e. The highest BCUT2D eigenvalue weighted by molar-refractivity contribution is 6.51. The highest BCUT2D eigenvalue weighted by atomic mass is 19.1. The molecule has 1 atom stereocenters. The summed E-state index contributed by atoms with van der Waals surface area (Å²) in [6.07, 6.45) is 3.10. The van der Waals surface area contributed by atoms with Crippen molar-refractivity contribution in [3.8, 4) is 0 Å².